The molecular weight excluding hydrogens is 244 g/mol. The second kappa shape index (κ2) is 6.14. The molecule has 0 spiro atoms. The van der Waals surface area contributed by atoms with E-state index in [-0.39, 0.29) is 12.7 Å². The molecule has 0 saturated carbocycles. The third kappa shape index (κ3) is 3.53. The minimum Gasteiger partial charge on any atom is -0.394 e. The van der Waals surface area contributed by atoms with E-state index in [0.717, 1.165) is 18.7 Å². The van der Waals surface area contributed by atoms with E-state index >= 15 is 0 Å². The third-order valence-corrected chi connectivity index (χ3v) is 3.46. The Bertz CT molecular complexity index is 433. The first-order valence-corrected chi connectivity index (χ1v) is 6.45. The zero-order chi connectivity index (χ0) is 13.8. The Morgan fingerprint density at radius 1 is 1.47 bits per heavy atom. The summed E-state index contributed by atoms with van der Waals surface area (Å²) in [5.74, 6) is -0.411. The Morgan fingerprint density at radius 2 is 2.16 bits per heavy atom. The molecular formula is C14H20N2O3. The predicted octanol–water partition coefficient (Wildman–Crippen LogP) is 0.367. The molecule has 0 bridgehead atoms. The molecule has 5 nitrogen and oxygen atoms in total. The van der Waals surface area contributed by atoms with Crippen molar-refractivity contribution in [2.75, 3.05) is 19.8 Å². The van der Waals surface area contributed by atoms with Crippen LogP contribution in [0.15, 0.2) is 24.3 Å². The molecule has 2 atom stereocenters. The minimum absolute atomic E-state index is 0.0455. The van der Waals surface area contributed by atoms with E-state index in [0.29, 0.717) is 18.2 Å². The molecule has 1 aliphatic heterocycles. The molecule has 1 aromatic rings. The maximum Gasteiger partial charge on any atom is 0.248 e. The van der Waals surface area contributed by atoms with Gasteiger partial charge in [0.25, 0.3) is 0 Å². The van der Waals surface area contributed by atoms with E-state index in [1.54, 1.807) is 12.1 Å². The number of hydrogen-bond donors (Lipinski definition) is 2. The summed E-state index contributed by atoms with van der Waals surface area (Å²) in [5.41, 5.74) is 6.85. The molecule has 0 aromatic heterocycles. The van der Waals surface area contributed by atoms with Crippen molar-refractivity contribution in [3.8, 4) is 0 Å². The van der Waals surface area contributed by atoms with Gasteiger partial charge in [0.15, 0.2) is 0 Å². The van der Waals surface area contributed by atoms with E-state index in [9.17, 15) is 4.79 Å². The standard InChI is InChI=1S/C14H20N2O3/c1-10-9-19-13(8-17)7-16(10)6-11-2-4-12(5-3-11)14(15)18/h2-5,10,13,17H,6-9H2,1H3,(H2,15,18). The molecule has 0 radical (unpaired) electrons. The Morgan fingerprint density at radius 3 is 2.74 bits per heavy atom. The first-order chi connectivity index (χ1) is 9.10. The highest BCUT2D eigenvalue weighted by Crippen LogP contribution is 2.15. The number of primary amides is 1. The lowest BCUT2D eigenvalue weighted by Crippen LogP contribution is -2.48. The molecule has 1 amide bonds. The summed E-state index contributed by atoms with van der Waals surface area (Å²) in [5, 5.41) is 9.16. The minimum atomic E-state index is -0.411. The zero-order valence-electron chi connectivity index (χ0n) is 11.1. The van der Waals surface area contributed by atoms with Gasteiger partial charge in [0, 0.05) is 24.7 Å². The lowest BCUT2D eigenvalue weighted by atomic mass is 10.1. The zero-order valence-corrected chi connectivity index (χ0v) is 11.1. The molecule has 1 aromatic carbocycles. The van der Waals surface area contributed by atoms with Crippen LogP contribution in [-0.4, -0.2) is 47.8 Å². The van der Waals surface area contributed by atoms with Gasteiger partial charge in [-0.1, -0.05) is 12.1 Å². The molecule has 104 valence electrons. The van der Waals surface area contributed by atoms with Crippen LogP contribution in [0.25, 0.3) is 0 Å². The summed E-state index contributed by atoms with van der Waals surface area (Å²) in [7, 11) is 0. The fourth-order valence-corrected chi connectivity index (χ4v) is 2.21. The Labute approximate surface area is 113 Å². The van der Waals surface area contributed by atoms with Crippen molar-refractivity contribution in [1.82, 2.24) is 4.90 Å². The highest BCUT2D eigenvalue weighted by Gasteiger charge is 2.25. The molecule has 19 heavy (non-hydrogen) atoms. The second-order valence-corrected chi connectivity index (χ2v) is 4.98. The van der Waals surface area contributed by atoms with Crippen molar-refractivity contribution in [2.24, 2.45) is 5.73 Å². The fourth-order valence-electron chi connectivity index (χ4n) is 2.21. The van der Waals surface area contributed by atoms with Crippen molar-refractivity contribution in [1.29, 1.82) is 0 Å². The van der Waals surface area contributed by atoms with Crippen LogP contribution in [0.5, 0.6) is 0 Å². The average Bonchev–Trinajstić information content (AvgIpc) is 2.42. The Balaban J connectivity index is 2.01. The largest absolute Gasteiger partial charge is 0.394 e. The third-order valence-electron chi connectivity index (χ3n) is 3.46. The monoisotopic (exact) mass is 264 g/mol. The molecule has 2 rings (SSSR count). The van der Waals surface area contributed by atoms with Gasteiger partial charge in [-0.15, -0.1) is 0 Å². The summed E-state index contributed by atoms with van der Waals surface area (Å²) in [6.07, 6.45) is -0.110. The maximum absolute atomic E-state index is 11.0. The van der Waals surface area contributed by atoms with Gasteiger partial charge in [0.1, 0.15) is 0 Å². The maximum atomic E-state index is 11.0. The van der Waals surface area contributed by atoms with E-state index in [4.69, 9.17) is 15.6 Å². The summed E-state index contributed by atoms with van der Waals surface area (Å²) in [6, 6.07) is 7.63. The van der Waals surface area contributed by atoms with Crippen molar-refractivity contribution >= 4 is 5.91 Å². The van der Waals surface area contributed by atoms with Gasteiger partial charge in [0.05, 0.1) is 19.3 Å². The van der Waals surface area contributed by atoms with Crippen LogP contribution in [0.1, 0.15) is 22.8 Å². The van der Waals surface area contributed by atoms with Crippen LogP contribution in [0.3, 0.4) is 0 Å². The lowest BCUT2D eigenvalue weighted by Gasteiger charge is -2.37. The van der Waals surface area contributed by atoms with Crippen molar-refractivity contribution in [3.63, 3.8) is 0 Å². The Kier molecular flexibility index (Phi) is 4.52. The van der Waals surface area contributed by atoms with Gasteiger partial charge in [-0.3, -0.25) is 9.69 Å². The normalized spacial score (nSPS) is 24.3. The molecule has 1 saturated heterocycles. The number of hydrogen-bond acceptors (Lipinski definition) is 4. The highest BCUT2D eigenvalue weighted by molar-refractivity contribution is 5.92. The van der Waals surface area contributed by atoms with Crippen LogP contribution in [0.2, 0.25) is 0 Å². The van der Waals surface area contributed by atoms with Gasteiger partial charge < -0.3 is 15.6 Å². The number of carbonyl (C=O) groups excluding carboxylic acids is 1. The number of benzene rings is 1. The van der Waals surface area contributed by atoms with E-state index in [2.05, 4.69) is 11.8 Å². The first kappa shape index (κ1) is 14.0. The van der Waals surface area contributed by atoms with Crippen LogP contribution >= 0.6 is 0 Å². The number of aliphatic hydroxyl groups is 1. The number of aliphatic hydroxyl groups excluding tert-OH is 1. The topological polar surface area (TPSA) is 75.8 Å². The quantitative estimate of drug-likeness (QED) is 0.823. The Hall–Kier alpha value is -1.43. The smallest absolute Gasteiger partial charge is 0.248 e. The van der Waals surface area contributed by atoms with Crippen molar-refractivity contribution in [3.05, 3.63) is 35.4 Å². The van der Waals surface area contributed by atoms with Crippen LogP contribution in [-0.2, 0) is 11.3 Å². The predicted molar refractivity (Wildman–Crippen MR) is 71.7 cm³/mol. The summed E-state index contributed by atoms with van der Waals surface area (Å²) >= 11 is 0. The summed E-state index contributed by atoms with van der Waals surface area (Å²) in [6.45, 7) is 4.27. The molecule has 3 N–H and O–H groups in total. The van der Waals surface area contributed by atoms with Crippen LogP contribution in [0, 0.1) is 0 Å². The number of nitrogens with two attached hydrogens (primary N) is 1. The number of ether oxygens (including phenoxy) is 1. The SMILES string of the molecule is CC1COC(CO)CN1Cc1ccc(C(N)=O)cc1. The molecule has 1 fully saturated rings. The number of nitrogens with zero attached hydrogens (tertiary/aromatic N) is 1. The molecule has 5 heteroatoms. The second-order valence-electron chi connectivity index (χ2n) is 4.98. The van der Waals surface area contributed by atoms with E-state index in [1.807, 2.05) is 12.1 Å². The molecule has 2 unspecified atom stereocenters. The highest BCUT2D eigenvalue weighted by atomic mass is 16.5. The molecule has 0 aliphatic carbocycles. The van der Waals surface area contributed by atoms with Gasteiger partial charge in [-0.05, 0) is 24.6 Å². The van der Waals surface area contributed by atoms with Crippen LogP contribution < -0.4 is 5.73 Å². The molecule has 1 heterocycles. The van der Waals surface area contributed by atoms with Gasteiger partial charge >= 0.3 is 0 Å². The van der Waals surface area contributed by atoms with Gasteiger partial charge in [-0.2, -0.15) is 0 Å². The molecule has 1 aliphatic rings. The summed E-state index contributed by atoms with van der Waals surface area (Å²) in [4.78, 5) is 13.3. The van der Waals surface area contributed by atoms with E-state index in [1.165, 1.54) is 0 Å². The van der Waals surface area contributed by atoms with Crippen molar-refractivity contribution in [2.45, 2.75) is 25.6 Å². The first-order valence-electron chi connectivity index (χ1n) is 6.45. The lowest BCUT2D eigenvalue weighted by molar-refractivity contribution is -0.0805. The van der Waals surface area contributed by atoms with Crippen molar-refractivity contribution < 1.29 is 14.6 Å². The average molecular weight is 264 g/mol. The summed E-state index contributed by atoms with van der Waals surface area (Å²) < 4.78 is 5.51. The fraction of sp³-hybridized carbons (Fsp3) is 0.500. The number of rotatable bonds is 4. The van der Waals surface area contributed by atoms with Crippen LogP contribution in [0.4, 0.5) is 0 Å². The van der Waals surface area contributed by atoms with E-state index < -0.39 is 5.91 Å². The number of carbonyl (C=O) groups is 1. The van der Waals surface area contributed by atoms with Gasteiger partial charge in [-0.25, -0.2) is 0 Å². The van der Waals surface area contributed by atoms with Gasteiger partial charge in [0.2, 0.25) is 5.91 Å². The number of morpholine rings is 1. The number of amides is 1.